The molecule has 3 heterocycles. The van der Waals surface area contributed by atoms with Gasteiger partial charge in [-0.3, -0.25) is 0 Å². The van der Waals surface area contributed by atoms with Gasteiger partial charge in [0.05, 0.1) is 6.61 Å². The van der Waals surface area contributed by atoms with Gasteiger partial charge >= 0.3 is 5.97 Å². The predicted molar refractivity (Wildman–Crippen MR) is 113 cm³/mol. The summed E-state index contributed by atoms with van der Waals surface area (Å²) in [6.07, 6.45) is 4.45. The molecule has 8 nitrogen and oxygen atoms in total. The van der Waals surface area contributed by atoms with E-state index in [0.717, 1.165) is 51.0 Å². The number of nitrogens with one attached hydrogen (secondary N) is 1. The molecule has 1 saturated heterocycles. The molecule has 31 heavy (non-hydrogen) atoms. The molecule has 0 bridgehead atoms. The fourth-order valence-corrected chi connectivity index (χ4v) is 3.85. The highest BCUT2D eigenvalue weighted by Crippen LogP contribution is 2.25. The number of anilines is 1. The predicted octanol–water partition coefficient (Wildman–Crippen LogP) is 3.30. The van der Waals surface area contributed by atoms with Gasteiger partial charge in [-0.2, -0.15) is 4.98 Å². The Labute approximate surface area is 179 Å². The van der Waals surface area contributed by atoms with E-state index in [1.165, 1.54) is 18.5 Å². The summed E-state index contributed by atoms with van der Waals surface area (Å²) in [6.45, 7) is 5.75. The molecule has 164 valence electrons. The van der Waals surface area contributed by atoms with Crippen LogP contribution >= 0.6 is 0 Å². The number of aromatic nitrogens is 3. The topological polar surface area (TPSA) is 93.4 Å². The van der Waals surface area contributed by atoms with Crippen LogP contribution in [0.1, 0.15) is 35.8 Å². The van der Waals surface area contributed by atoms with Gasteiger partial charge < -0.3 is 19.5 Å². The number of carbonyl (C=O) groups excluding carboxylic acids is 1. The zero-order valence-electron chi connectivity index (χ0n) is 17.5. The van der Waals surface area contributed by atoms with Gasteiger partial charge in [-0.1, -0.05) is 17.3 Å². The highest BCUT2D eigenvalue weighted by Gasteiger charge is 2.24. The molecule has 1 aliphatic rings. The van der Waals surface area contributed by atoms with Crippen molar-refractivity contribution in [3.63, 3.8) is 0 Å². The number of piperidine rings is 1. The van der Waals surface area contributed by atoms with Gasteiger partial charge in [-0.15, -0.1) is 0 Å². The summed E-state index contributed by atoms with van der Waals surface area (Å²) in [4.78, 5) is 22.9. The number of carbonyl (C=O) groups is 1. The number of nitrogens with zero attached hydrogens (tertiary/aromatic N) is 4. The molecular formula is C22H26FN5O3. The molecule has 3 aromatic rings. The van der Waals surface area contributed by atoms with Crippen LogP contribution in [0.3, 0.4) is 0 Å². The molecule has 0 radical (unpaired) electrons. The summed E-state index contributed by atoms with van der Waals surface area (Å²) in [6, 6.07) is 6.73. The van der Waals surface area contributed by atoms with Crippen LogP contribution in [0.4, 0.5) is 10.2 Å². The zero-order valence-corrected chi connectivity index (χ0v) is 17.5. The van der Waals surface area contributed by atoms with Crippen molar-refractivity contribution >= 4 is 22.9 Å². The van der Waals surface area contributed by atoms with Crippen LogP contribution in [0, 0.1) is 11.7 Å². The number of hydrogen-bond acceptors (Lipinski definition) is 8. The molecule has 1 aromatic carbocycles. The quantitative estimate of drug-likeness (QED) is 0.548. The number of halogens is 1. The lowest BCUT2D eigenvalue weighted by Gasteiger charge is -2.32. The average Bonchev–Trinajstić information content (AvgIpc) is 3.23. The Bertz CT molecular complexity index is 1020. The molecule has 1 aliphatic heterocycles. The van der Waals surface area contributed by atoms with E-state index in [-0.39, 0.29) is 23.8 Å². The van der Waals surface area contributed by atoms with Crippen molar-refractivity contribution in [2.45, 2.75) is 26.2 Å². The number of benzene rings is 1. The molecule has 1 fully saturated rings. The maximum absolute atomic E-state index is 13.0. The summed E-state index contributed by atoms with van der Waals surface area (Å²) in [5.74, 6) is 0.290. The van der Waals surface area contributed by atoms with Gasteiger partial charge in [-0.05, 0) is 62.9 Å². The first-order valence-electron chi connectivity index (χ1n) is 10.6. The molecule has 1 N–H and O–H groups in total. The molecule has 0 amide bonds. The first-order valence-corrected chi connectivity index (χ1v) is 10.6. The molecule has 4 rings (SSSR count). The third kappa shape index (κ3) is 5.16. The van der Waals surface area contributed by atoms with Crippen LogP contribution in [0.15, 0.2) is 35.1 Å². The number of ether oxygens (including phenoxy) is 1. The maximum atomic E-state index is 13.0. The lowest BCUT2D eigenvalue weighted by molar-refractivity contribution is 0.0517. The van der Waals surface area contributed by atoms with Crippen molar-refractivity contribution in [1.29, 1.82) is 0 Å². The van der Waals surface area contributed by atoms with E-state index >= 15 is 0 Å². The summed E-state index contributed by atoms with van der Waals surface area (Å²) in [5, 5.41) is 7.61. The van der Waals surface area contributed by atoms with E-state index in [1.54, 1.807) is 6.92 Å². The Morgan fingerprint density at radius 3 is 2.77 bits per heavy atom. The van der Waals surface area contributed by atoms with Crippen molar-refractivity contribution < 1.29 is 18.4 Å². The number of fused-ring (bicyclic) bond motifs is 1. The van der Waals surface area contributed by atoms with Crippen molar-refractivity contribution in [3.8, 4) is 0 Å². The summed E-state index contributed by atoms with van der Waals surface area (Å²) in [7, 11) is 0. The van der Waals surface area contributed by atoms with Crippen LogP contribution in [0.2, 0.25) is 0 Å². The van der Waals surface area contributed by atoms with Gasteiger partial charge in [-0.25, -0.2) is 14.2 Å². The van der Waals surface area contributed by atoms with E-state index in [2.05, 4.69) is 25.3 Å². The number of likely N-dealkylation sites (tertiary alicyclic amines) is 1. The Morgan fingerprint density at radius 2 is 2.03 bits per heavy atom. The largest absolute Gasteiger partial charge is 0.461 e. The fraction of sp³-hybridized carbons (Fsp3) is 0.455. The van der Waals surface area contributed by atoms with E-state index < -0.39 is 5.97 Å². The summed E-state index contributed by atoms with van der Waals surface area (Å²) in [5.41, 5.74) is 1.51. The molecule has 0 atom stereocenters. The lowest BCUT2D eigenvalue weighted by atomic mass is 9.96. The van der Waals surface area contributed by atoms with E-state index in [0.29, 0.717) is 17.1 Å². The Hall–Kier alpha value is -3.07. The second-order valence-electron chi connectivity index (χ2n) is 7.70. The highest BCUT2D eigenvalue weighted by molar-refractivity contribution is 6.04. The van der Waals surface area contributed by atoms with E-state index in [4.69, 9.17) is 9.26 Å². The first kappa shape index (κ1) is 21.2. The summed E-state index contributed by atoms with van der Waals surface area (Å²) >= 11 is 0. The minimum Gasteiger partial charge on any atom is -0.461 e. The van der Waals surface area contributed by atoms with Gasteiger partial charge in [0.2, 0.25) is 5.69 Å². The molecule has 0 saturated carbocycles. The molecule has 0 aliphatic carbocycles. The molecule has 2 aromatic heterocycles. The second-order valence-corrected chi connectivity index (χ2v) is 7.70. The average molecular weight is 427 g/mol. The standard InChI is InChI=1S/C22H26FN5O3/c1-2-30-22(29)19-18-20(25-14-26-21(18)31-27-19)24-13-16-8-11-28(12-9-16)10-7-15-3-5-17(23)6-4-15/h3-6,14,16H,2,7-13H2,1H3,(H,24,25,26). The zero-order chi connectivity index (χ0) is 21.6. The van der Waals surface area contributed by atoms with Crippen LogP contribution in [0.5, 0.6) is 0 Å². The Morgan fingerprint density at radius 1 is 1.26 bits per heavy atom. The van der Waals surface area contributed by atoms with Crippen molar-refractivity contribution in [1.82, 2.24) is 20.0 Å². The Kier molecular flexibility index (Phi) is 6.71. The Balaban J connectivity index is 1.29. The molecule has 0 unspecified atom stereocenters. The van der Waals surface area contributed by atoms with Gasteiger partial charge in [0, 0.05) is 13.1 Å². The minimum absolute atomic E-state index is 0.0931. The number of rotatable bonds is 8. The summed E-state index contributed by atoms with van der Waals surface area (Å²) < 4.78 is 23.2. The van der Waals surface area contributed by atoms with E-state index in [9.17, 15) is 9.18 Å². The molecule has 0 spiro atoms. The van der Waals surface area contributed by atoms with Crippen molar-refractivity contribution in [2.24, 2.45) is 5.92 Å². The van der Waals surface area contributed by atoms with Crippen molar-refractivity contribution in [2.75, 3.05) is 38.1 Å². The van der Waals surface area contributed by atoms with E-state index in [1.807, 2.05) is 12.1 Å². The smallest absolute Gasteiger partial charge is 0.361 e. The van der Waals surface area contributed by atoms with Crippen molar-refractivity contribution in [3.05, 3.63) is 47.7 Å². The highest BCUT2D eigenvalue weighted by atomic mass is 19.1. The lowest BCUT2D eigenvalue weighted by Crippen LogP contribution is -2.37. The van der Waals surface area contributed by atoms with Gasteiger partial charge in [0.25, 0.3) is 5.71 Å². The van der Waals surface area contributed by atoms with Crippen LogP contribution in [0.25, 0.3) is 11.1 Å². The maximum Gasteiger partial charge on any atom is 0.361 e. The minimum atomic E-state index is -0.548. The number of esters is 1. The van der Waals surface area contributed by atoms with Gasteiger partial charge in [0.15, 0.2) is 0 Å². The molecular weight excluding hydrogens is 401 g/mol. The number of hydrogen-bond donors (Lipinski definition) is 1. The monoisotopic (exact) mass is 427 g/mol. The SMILES string of the molecule is CCOC(=O)c1noc2ncnc(NCC3CCN(CCc4ccc(F)cc4)CC3)c12. The first-order chi connectivity index (χ1) is 15.1. The van der Waals surface area contributed by atoms with Gasteiger partial charge in [0.1, 0.15) is 23.3 Å². The molecule has 9 heteroatoms. The third-order valence-corrected chi connectivity index (χ3v) is 5.64. The second kappa shape index (κ2) is 9.82. The normalized spacial score (nSPS) is 15.3. The van der Waals surface area contributed by atoms with Crippen LogP contribution in [-0.2, 0) is 11.2 Å². The van der Waals surface area contributed by atoms with Crippen LogP contribution in [-0.4, -0.2) is 58.8 Å². The third-order valence-electron chi connectivity index (χ3n) is 5.64. The van der Waals surface area contributed by atoms with Crippen LogP contribution < -0.4 is 5.32 Å². The fourth-order valence-electron chi connectivity index (χ4n) is 3.85.